The van der Waals surface area contributed by atoms with E-state index in [4.69, 9.17) is 4.74 Å². The van der Waals surface area contributed by atoms with Crippen LogP contribution in [0.3, 0.4) is 0 Å². The Hall–Kier alpha value is -3.74. The van der Waals surface area contributed by atoms with Crippen molar-refractivity contribution in [3.8, 4) is 0 Å². The molecule has 0 radical (unpaired) electrons. The van der Waals surface area contributed by atoms with E-state index in [0.29, 0.717) is 31.4 Å². The minimum absolute atomic E-state index is 0.00905. The maximum Gasteiger partial charge on any atom is 0.302 e. The highest BCUT2D eigenvalue weighted by atomic mass is 16.5. The second kappa shape index (κ2) is 10.2. The van der Waals surface area contributed by atoms with Crippen LogP contribution in [0.25, 0.3) is 10.8 Å². The van der Waals surface area contributed by atoms with Crippen LogP contribution in [0.4, 0.5) is 0 Å². The Morgan fingerprint density at radius 1 is 1.18 bits per heavy atom. The number of carbonyl (C=O) groups is 3. The molecule has 3 aliphatic rings. The summed E-state index contributed by atoms with van der Waals surface area (Å²) in [7, 11) is 0. The number of ether oxygens (including phenoxy) is 1. The van der Waals surface area contributed by atoms with E-state index in [2.05, 4.69) is 47.6 Å². The van der Waals surface area contributed by atoms with Crippen LogP contribution in [0.1, 0.15) is 57.9 Å². The molecule has 0 aliphatic heterocycles. The van der Waals surface area contributed by atoms with Gasteiger partial charge in [-0.25, -0.2) is 0 Å². The second-order valence-electron chi connectivity index (χ2n) is 11.2. The lowest BCUT2D eigenvalue weighted by molar-refractivity contribution is -0.147. The van der Waals surface area contributed by atoms with Crippen molar-refractivity contribution in [1.82, 2.24) is 10.3 Å². The lowest BCUT2D eigenvalue weighted by Gasteiger charge is -2.38. The molecule has 1 unspecified atom stereocenters. The minimum atomic E-state index is -0.288. The van der Waals surface area contributed by atoms with E-state index in [1.165, 1.54) is 13.8 Å². The van der Waals surface area contributed by atoms with Crippen LogP contribution in [0, 0.1) is 17.3 Å². The highest BCUT2D eigenvalue weighted by Crippen LogP contribution is 2.59. The number of aliphatic hydroxyl groups excluding tert-OH is 1. The number of pyridine rings is 1. The van der Waals surface area contributed by atoms with Gasteiger partial charge in [-0.05, 0) is 58.8 Å². The van der Waals surface area contributed by atoms with Gasteiger partial charge in [0.1, 0.15) is 11.9 Å². The van der Waals surface area contributed by atoms with Gasteiger partial charge in [-0.1, -0.05) is 37.3 Å². The Kier molecular flexibility index (Phi) is 6.95. The number of aromatic nitrogens is 1. The standard InChI is InChI=1S/C31H34N2O5/c1-18(34)33-16-21-12-27(36)26(28(37)13-21)11-20-6-8-31(3)25(10-20)15-29(38-19(2)35)30(31)23-4-5-24-17-32-9-7-22(24)14-23/h4-9,11,14,17,21,25,29-30,36H,10,12-13,15-16H2,1-3H3,(H,33,34)/b20-11-/t21?,25-,29-,30+,31+/m1/s1. The topological polar surface area (TPSA) is 106 Å². The molecule has 0 bridgehead atoms. The van der Waals surface area contributed by atoms with Gasteiger partial charge in [0.25, 0.3) is 0 Å². The first kappa shape index (κ1) is 25.9. The number of esters is 1. The van der Waals surface area contributed by atoms with E-state index in [0.717, 1.165) is 28.3 Å². The van der Waals surface area contributed by atoms with E-state index in [9.17, 15) is 19.5 Å². The summed E-state index contributed by atoms with van der Waals surface area (Å²) in [6.07, 6.45) is 11.5. The largest absolute Gasteiger partial charge is 0.512 e. The van der Waals surface area contributed by atoms with E-state index in [1.54, 1.807) is 6.20 Å². The number of hydrogen-bond acceptors (Lipinski definition) is 6. The fraction of sp³-hybridized carbons (Fsp3) is 0.419. The number of benzene rings is 1. The molecule has 5 atom stereocenters. The summed E-state index contributed by atoms with van der Waals surface area (Å²) in [4.78, 5) is 40.4. The predicted octanol–water partition coefficient (Wildman–Crippen LogP) is 5.09. The molecule has 5 rings (SSSR count). The number of ketones is 1. The average Bonchev–Trinajstić information content (AvgIpc) is 3.14. The summed E-state index contributed by atoms with van der Waals surface area (Å²) in [6, 6.07) is 8.35. The summed E-state index contributed by atoms with van der Waals surface area (Å²) in [5.41, 5.74) is 2.23. The molecule has 198 valence electrons. The van der Waals surface area contributed by atoms with E-state index >= 15 is 0 Å². The van der Waals surface area contributed by atoms with E-state index < -0.39 is 0 Å². The zero-order chi connectivity index (χ0) is 27.0. The first-order valence-electron chi connectivity index (χ1n) is 13.2. The molecule has 1 saturated carbocycles. The number of amides is 1. The van der Waals surface area contributed by atoms with Gasteiger partial charge in [-0.2, -0.15) is 0 Å². The van der Waals surface area contributed by atoms with Crippen LogP contribution in [-0.2, 0) is 19.1 Å². The molecule has 38 heavy (non-hydrogen) atoms. The van der Waals surface area contributed by atoms with Gasteiger partial charge in [-0.15, -0.1) is 0 Å². The monoisotopic (exact) mass is 514 g/mol. The summed E-state index contributed by atoms with van der Waals surface area (Å²) >= 11 is 0. The molecule has 1 amide bonds. The van der Waals surface area contributed by atoms with Crippen LogP contribution in [0.2, 0.25) is 0 Å². The Morgan fingerprint density at radius 2 is 2.00 bits per heavy atom. The maximum absolute atomic E-state index is 12.9. The highest BCUT2D eigenvalue weighted by molar-refractivity contribution is 5.99. The van der Waals surface area contributed by atoms with Gasteiger partial charge >= 0.3 is 5.97 Å². The van der Waals surface area contributed by atoms with Gasteiger partial charge in [0, 0.05) is 56.9 Å². The third kappa shape index (κ3) is 5.02. The van der Waals surface area contributed by atoms with Gasteiger partial charge in [-0.3, -0.25) is 19.4 Å². The van der Waals surface area contributed by atoms with Gasteiger partial charge in [0.15, 0.2) is 5.78 Å². The van der Waals surface area contributed by atoms with Crippen molar-refractivity contribution in [2.24, 2.45) is 17.3 Å². The predicted molar refractivity (Wildman–Crippen MR) is 144 cm³/mol. The Balaban J connectivity index is 1.44. The normalized spacial score (nSPS) is 30.0. The lowest BCUT2D eigenvalue weighted by Crippen LogP contribution is -2.32. The van der Waals surface area contributed by atoms with Crippen molar-refractivity contribution in [3.63, 3.8) is 0 Å². The lowest BCUT2D eigenvalue weighted by atomic mass is 9.66. The number of nitrogens with zero attached hydrogens (tertiary/aromatic N) is 1. The van der Waals surface area contributed by atoms with Crippen LogP contribution in [0.15, 0.2) is 71.8 Å². The first-order chi connectivity index (χ1) is 18.1. The van der Waals surface area contributed by atoms with E-state index in [1.807, 2.05) is 18.3 Å². The number of hydrogen-bond donors (Lipinski definition) is 2. The smallest absolute Gasteiger partial charge is 0.302 e. The number of fused-ring (bicyclic) bond motifs is 2. The van der Waals surface area contributed by atoms with Crippen LogP contribution in [0.5, 0.6) is 0 Å². The Morgan fingerprint density at radius 3 is 2.74 bits per heavy atom. The molecule has 7 heteroatoms. The molecule has 0 saturated heterocycles. The zero-order valence-corrected chi connectivity index (χ0v) is 22.1. The number of aliphatic hydroxyl groups is 1. The molecule has 1 fully saturated rings. The molecule has 3 aliphatic carbocycles. The second-order valence-corrected chi connectivity index (χ2v) is 11.2. The van der Waals surface area contributed by atoms with Crippen molar-refractivity contribution in [1.29, 1.82) is 0 Å². The minimum Gasteiger partial charge on any atom is -0.512 e. The summed E-state index contributed by atoms with van der Waals surface area (Å²) in [5.74, 6) is -0.364. The quantitative estimate of drug-likeness (QED) is 0.539. The van der Waals surface area contributed by atoms with Crippen LogP contribution >= 0.6 is 0 Å². The summed E-state index contributed by atoms with van der Waals surface area (Å²) < 4.78 is 5.88. The van der Waals surface area contributed by atoms with Crippen LogP contribution < -0.4 is 5.32 Å². The molecule has 0 spiro atoms. The van der Waals surface area contributed by atoms with Crippen molar-refractivity contribution < 1.29 is 24.2 Å². The van der Waals surface area contributed by atoms with Gasteiger partial charge < -0.3 is 15.2 Å². The molecule has 7 nitrogen and oxygen atoms in total. The Bertz CT molecular complexity index is 1390. The first-order valence-corrected chi connectivity index (χ1v) is 13.2. The molecule has 1 aromatic carbocycles. The molecule has 1 heterocycles. The van der Waals surface area contributed by atoms with Crippen molar-refractivity contribution in [2.75, 3.05) is 6.54 Å². The maximum atomic E-state index is 12.9. The number of nitrogens with one attached hydrogen (secondary N) is 1. The fourth-order valence-electron chi connectivity index (χ4n) is 6.58. The molecule has 1 aromatic heterocycles. The number of allylic oxidation sites excluding steroid dienone is 6. The van der Waals surface area contributed by atoms with Crippen molar-refractivity contribution in [3.05, 3.63) is 77.4 Å². The van der Waals surface area contributed by atoms with Gasteiger partial charge in [0.05, 0.1) is 5.57 Å². The van der Waals surface area contributed by atoms with Crippen LogP contribution in [-0.4, -0.2) is 40.4 Å². The highest BCUT2D eigenvalue weighted by Gasteiger charge is 2.53. The number of carbonyl (C=O) groups excluding carboxylic acids is 3. The molecule has 2 aromatic rings. The average molecular weight is 515 g/mol. The number of Topliss-reactive ketones (excluding diaryl/α,β-unsaturated/α-hetero) is 1. The molecule has 2 N–H and O–H groups in total. The van der Waals surface area contributed by atoms with Gasteiger partial charge in [0.2, 0.25) is 5.91 Å². The fourth-order valence-corrected chi connectivity index (χ4v) is 6.58. The SMILES string of the molecule is CC(=O)NCC1CC(=O)C(/C=C2/C=C[C@@]3(C)[C@H](C2)C[C@@H](OC(C)=O)[C@@H]3c2ccc3cnccc3c2)=C(O)C1. The third-order valence-electron chi connectivity index (χ3n) is 8.45. The number of rotatable bonds is 5. The molecular weight excluding hydrogens is 480 g/mol. The third-order valence-corrected chi connectivity index (χ3v) is 8.45. The molecular formula is C31H34N2O5. The van der Waals surface area contributed by atoms with Crippen molar-refractivity contribution in [2.45, 2.75) is 58.5 Å². The summed E-state index contributed by atoms with van der Waals surface area (Å²) in [6.45, 7) is 5.50. The summed E-state index contributed by atoms with van der Waals surface area (Å²) in [5, 5.41) is 15.6. The van der Waals surface area contributed by atoms with Crippen molar-refractivity contribution >= 4 is 28.4 Å². The van der Waals surface area contributed by atoms with E-state index in [-0.39, 0.29) is 52.7 Å². The zero-order valence-electron chi connectivity index (χ0n) is 22.1. The Labute approximate surface area is 222 Å².